The fraction of sp³-hybridized carbons (Fsp3) is 0.167. The number of hydrogen-bond donors (Lipinski definition) is 2. The molecule has 0 saturated heterocycles. The fourth-order valence-corrected chi connectivity index (χ4v) is 2.02. The number of allylic oxidation sites excluding steroid dienone is 2. The number of benzene rings is 2. The first kappa shape index (κ1) is 15.0. The van der Waals surface area contributed by atoms with Crippen molar-refractivity contribution >= 4 is 5.91 Å². The smallest absolute Gasteiger partial charge is 0.253 e. The van der Waals surface area contributed by atoms with E-state index >= 15 is 0 Å². The standard InChI is InChI=1S/C18H19NO2/c20-14-19-18(21)17-12-10-16(11-13-17)9-5-4-8-15-6-2-1-3-7-15/h1-7,10-13,20H,8-9,14H2,(H,19,21). The van der Waals surface area contributed by atoms with Gasteiger partial charge in [-0.1, -0.05) is 54.6 Å². The predicted octanol–water partition coefficient (Wildman–Crippen LogP) is 2.71. The van der Waals surface area contributed by atoms with Crippen LogP contribution in [0.5, 0.6) is 0 Å². The fourth-order valence-electron chi connectivity index (χ4n) is 2.02. The zero-order chi connectivity index (χ0) is 14.9. The number of nitrogens with one attached hydrogen (secondary N) is 1. The molecule has 0 saturated carbocycles. The zero-order valence-corrected chi connectivity index (χ0v) is 11.8. The van der Waals surface area contributed by atoms with Crippen LogP contribution < -0.4 is 5.32 Å². The van der Waals surface area contributed by atoms with Crippen molar-refractivity contribution in [3.05, 3.63) is 83.4 Å². The zero-order valence-electron chi connectivity index (χ0n) is 11.8. The van der Waals surface area contributed by atoms with Gasteiger partial charge in [-0.15, -0.1) is 0 Å². The lowest BCUT2D eigenvalue weighted by molar-refractivity contribution is 0.0910. The SMILES string of the molecule is O=C(NCO)c1ccc(CC=CCc2ccccc2)cc1. The average Bonchev–Trinajstić information content (AvgIpc) is 2.53. The second-order valence-corrected chi connectivity index (χ2v) is 4.73. The molecule has 1 amide bonds. The number of carbonyl (C=O) groups excluding carboxylic acids is 1. The molecule has 0 aliphatic heterocycles. The third kappa shape index (κ3) is 4.89. The Hall–Kier alpha value is -2.39. The summed E-state index contributed by atoms with van der Waals surface area (Å²) in [6.45, 7) is -0.344. The van der Waals surface area contributed by atoms with Gasteiger partial charge in [-0.25, -0.2) is 0 Å². The molecule has 0 heterocycles. The maximum Gasteiger partial charge on any atom is 0.253 e. The van der Waals surface area contributed by atoms with E-state index in [1.165, 1.54) is 5.56 Å². The van der Waals surface area contributed by atoms with Gasteiger partial charge in [0, 0.05) is 5.56 Å². The highest BCUT2D eigenvalue weighted by atomic mass is 16.3. The van der Waals surface area contributed by atoms with Crippen molar-refractivity contribution in [2.75, 3.05) is 6.73 Å². The molecule has 2 aromatic rings. The molecule has 2 aromatic carbocycles. The third-order valence-corrected chi connectivity index (χ3v) is 3.17. The summed E-state index contributed by atoms with van der Waals surface area (Å²) in [6, 6.07) is 17.7. The van der Waals surface area contributed by atoms with E-state index in [1.54, 1.807) is 12.1 Å². The first-order chi connectivity index (χ1) is 10.3. The van der Waals surface area contributed by atoms with Crippen LogP contribution in [0.15, 0.2) is 66.7 Å². The van der Waals surface area contributed by atoms with Gasteiger partial charge in [0.25, 0.3) is 5.91 Å². The minimum Gasteiger partial charge on any atom is -0.376 e. The Balaban J connectivity index is 1.85. The van der Waals surface area contributed by atoms with Crippen molar-refractivity contribution in [1.29, 1.82) is 0 Å². The van der Waals surface area contributed by atoms with Crippen LogP contribution in [-0.4, -0.2) is 17.7 Å². The lowest BCUT2D eigenvalue weighted by atomic mass is 10.1. The summed E-state index contributed by atoms with van der Waals surface area (Å²) in [4.78, 5) is 11.5. The molecule has 0 unspecified atom stereocenters. The topological polar surface area (TPSA) is 49.3 Å². The van der Waals surface area contributed by atoms with E-state index in [9.17, 15) is 4.79 Å². The molecule has 0 aliphatic rings. The summed E-state index contributed by atoms with van der Waals surface area (Å²) in [5.41, 5.74) is 3.01. The summed E-state index contributed by atoms with van der Waals surface area (Å²) in [5.74, 6) is -0.260. The van der Waals surface area contributed by atoms with E-state index in [4.69, 9.17) is 5.11 Å². The Morgan fingerprint density at radius 3 is 2.05 bits per heavy atom. The molecule has 0 fully saturated rings. The minimum absolute atomic E-state index is 0.260. The number of carbonyl (C=O) groups is 1. The predicted molar refractivity (Wildman–Crippen MR) is 84.0 cm³/mol. The van der Waals surface area contributed by atoms with E-state index in [2.05, 4.69) is 29.6 Å². The summed E-state index contributed by atoms with van der Waals surface area (Å²) < 4.78 is 0. The molecule has 21 heavy (non-hydrogen) atoms. The second-order valence-electron chi connectivity index (χ2n) is 4.73. The number of amides is 1. The quantitative estimate of drug-likeness (QED) is 0.632. The first-order valence-electron chi connectivity index (χ1n) is 6.96. The summed E-state index contributed by atoms with van der Waals surface area (Å²) in [5, 5.41) is 11.0. The van der Waals surface area contributed by atoms with Crippen LogP contribution >= 0.6 is 0 Å². The van der Waals surface area contributed by atoms with E-state index in [-0.39, 0.29) is 12.6 Å². The van der Waals surface area contributed by atoms with Crippen LogP contribution in [0.3, 0.4) is 0 Å². The minimum atomic E-state index is -0.344. The van der Waals surface area contributed by atoms with Crippen LogP contribution in [0, 0.1) is 0 Å². The highest BCUT2D eigenvalue weighted by Gasteiger charge is 2.02. The average molecular weight is 281 g/mol. The molecular weight excluding hydrogens is 262 g/mol. The normalized spacial score (nSPS) is 10.7. The van der Waals surface area contributed by atoms with Gasteiger partial charge in [-0.3, -0.25) is 4.79 Å². The molecular formula is C18H19NO2. The Morgan fingerprint density at radius 1 is 0.905 bits per heavy atom. The summed E-state index contributed by atoms with van der Waals surface area (Å²) in [7, 11) is 0. The summed E-state index contributed by atoms with van der Waals surface area (Å²) in [6.07, 6.45) is 6.06. The Labute approximate surface area is 124 Å². The molecule has 2 N–H and O–H groups in total. The van der Waals surface area contributed by atoms with Crippen LogP contribution in [0.1, 0.15) is 21.5 Å². The Morgan fingerprint density at radius 2 is 1.48 bits per heavy atom. The van der Waals surface area contributed by atoms with Gasteiger partial charge in [0.05, 0.1) is 0 Å². The summed E-state index contributed by atoms with van der Waals surface area (Å²) >= 11 is 0. The van der Waals surface area contributed by atoms with Crippen LogP contribution in [0.25, 0.3) is 0 Å². The van der Waals surface area contributed by atoms with Gasteiger partial charge in [-0.2, -0.15) is 0 Å². The monoisotopic (exact) mass is 281 g/mol. The van der Waals surface area contributed by atoms with Crippen molar-refractivity contribution in [2.24, 2.45) is 0 Å². The van der Waals surface area contributed by atoms with Crippen LogP contribution in [0.2, 0.25) is 0 Å². The highest BCUT2D eigenvalue weighted by molar-refractivity contribution is 5.94. The molecule has 0 spiro atoms. The molecule has 108 valence electrons. The molecule has 0 bridgehead atoms. The van der Waals surface area contributed by atoms with E-state index in [1.807, 2.05) is 30.3 Å². The van der Waals surface area contributed by atoms with Gasteiger partial charge >= 0.3 is 0 Å². The van der Waals surface area contributed by atoms with Crippen molar-refractivity contribution < 1.29 is 9.90 Å². The lowest BCUT2D eigenvalue weighted by Gasteiger charge is -2.02. The Kier molecular flexibility index (Phi) is 5.73. The maximum atomic E-state index is 11.5. The molecule has 0 radical (unpaired) electrons. The van der Waals surface area contributed by atoms with Gasteiger partial charge in [0.2, 0.25) is 0 Å². The number of hydrogen-bond acceptors (Lipinski definition) is 2. The molecule has 0 atom stereocenters. The molecule has 3 nitrogen and oxygen atoms in total. The number of aliphatic hydroxyl groups excluding tert-OH is 1. The van der Waals surface area contributed by atoms with Crippen molar-refractivity contribution in [3.63, 3.8) is 0 Å². The van der Waals surface area contributed by atoms with E-state index in [0.29, 0.717) is 5.56 Å². The number of rotatable bonds is 6. The van der Waals surface area contributed by atoms with Gasteiger partial charge in [0.15, 0.2) is 0 Å². The molecule has 0 aromatic heterocycles. The third-order valence-electron chi connectivity index (χ3n) is 3.17. The van der Waals surface area contributed by atoms with Gasteiger partial charge in [0.1, 0.15) is 6.73 Å². The van der Waals surface area contributed by atoms with Gasteiger partial charge in [-0.05, 0) is 36.1 Å². The van der Waals surface area contributed by atoms with Crippen molar-refractivity contribution in [2.45, 2.75) is 12.8 Å². The van der Waals surface area contributed by atoms with E-state index < -0.39 is 0 Å². The van der Waals surface area contributed by atoms with Crippen molar-refractivity contribution in [3.8, 4) is 0 Å². The van der Waals surface area contributed by atoms with Crippen LogP contribution in [0.4, 0.5) is 0 Å². The Bertz CT molecular complexity index is 588. The van der Waals surface area contributed by atoms with Crippen molar-refractivity contribution in [1.82, 2.24) is 5.32 Å². The molecule has 3 heteroatoms. The largest absolute Gasteiger partial charge is 0.376 e. The molecule has 0 aliphatic carbocycles. The second kappa shape index (κ2) is 8.02. The lowest BCUT2D eigenvalue weighted by Crippen LogP contribution is -2.23. The molecule has 2 rings (SSSR count). The highest BCUT2D eigenvalue weighted by Crippen LogP contribution is 2.07. The maximum absolute atomic E-state index is 11.5. The number of aliphatic hydroxyl groups is 1. The first-order valence-corrected chi connectivity index (χ1v) is 6.96. The van der Waals surface area contributed by atoms with Gasteiger partial charge < -0.3 is 10.4 Å². The van der Waals surface area contributed by atoms with E-state index in [0.717, 1.165) is 18.4 Å². The van der Waals surface area contributed by atoms with Crippen LogP contribution in [-0.2, 0) is 12.8 Å².